The SMILES string of the molecule is CN=C(NCc1ccc(S(=O)(=O)N(C)C(C)C)cc1)NCc1ccc(OC)c(OC)c1. The van der Waals surface area contributed by atoms with Crippen LogP contribution in [0.15, 0.2) is 52.4 Å². The summed E-state index contributed by atoms with van der Waals surface area (Å²) in [5, 5.41) is 6.48. The zero-order valence-corrected chi connectivity index (χ0v) is 19.8. The number of guanidine groups is 1. The second kappa shape index (κ2) is 11.0. The first-order chi connectivity index (χ1) is 14.7. The topological polar surface area (TPSA) is 92.3 Å². The summed E-state index contributed by atoms with van der Waals surface area (Å²) in [6.07, 6.45) is 0. The molecule has 2 N–H and O–H groups in total. The van der Waals surface area contributed by atoms with E-state index in [9.17, 15) is 8.42 Å². The van der Waals surface area contributed by atoms with Gasteiger partial charge in [0.2, 0.25) is 10.0 Å². The maximum absolute atomic E-state index is 12.6. The lowest BCUT2D eigenvalue weighted by Gasteiger charge is -2.21. The first-order valence-electron chi connectivity index (χ1n) is 9.95. The van der Waals surface area contributed by atoms with Gasteiger partial charge in [-0.1, -0.05) is 18.2 Å². The van der Waals surface area contributed by atoms with Gasteiger partial charge in [-0.15, -0.1) is 0 Å². The summed E-state index contributed by atoms with van der Waals surface area (Å²) in [6, 6.07) is 12.5. The van der Waals surface area contributed by atoms with E-state index in [-0.39, 0.29) is 10.9 Å². The molecule has 9 heteroatoms. The van der Waals surface area contributed by atoms with Crippen LogP contribution in [0.25, 0.3) is 0 Å². The van der Waals surface area contributed by atoms with E-state index in [0.717, 1.165) is 11.1 Å². The number of benzene rings is 2. The Labute approximate surface area is 185 Å². The first-order valence-corrected chi connectivity index (χ1v) is 11.4. The highest BCUT2D eigenvalue weighted by atomic mass is 32.2. The predicted octanol–water partition coefficient (Wildman–Crippen LogP) is 2.60. The fraction of sp³-hybridized carbons (Fsp3) is 0.409. The Bertz CT molecular complexity index is 989. The highest BCUT2D eigenvalue weighted by Crippen LogP contribution is 2.27. The Morgan fingerprint density at radius 2 is 1.52 bits per heavy atom. The molecule has 8 nitrogen and oxygen atoms in total. The maximum atomic E-state index is 12.6. The minimum Gasteiger partial charge on any atom is -0.493 e. The molecular formula is C22H32N4O4S. The van der Waals surface area contributed by atoms with Gasteiger partial charge in [0.25, 0.3) is 0 Å². The number of ether oxygens (including phenoxy) is 2. The van der Waals surface area contributed by atoms with Crippen LogP contribution < -0.4 is 20.1 Å². The van der Waals surface area contributed by atoms with Crippen LogP contribution in [0.4, 0.5) is 0 Å². The molecule has 0 saturated carbocycles. The molecule has 31 heavy (non-hydrogen) atoms. The minimum absolute atomic E-state index is 0.105. The zero-order chi connectivity index (χ0) is 23.0. The Morgan fingerprint density at radius 1 is 0.968 bits per heavy atom. The standard InChI is InChI=1S/C22H32N4O4S/c1-16(2)26(4)31(27,28)19-10-7-17(8-11-19)14-24-22(23-3)25-15-18-9-12-20(29-5)21(13-18)30-6/h7-13,16H,14-15H2,1-6H3,(H2,23,24,25). The zero-order valence-electron chi connectivity index (χ0n) is 19.0. The predicted molar refractivity (Wildman–Crippen MR) is 123 cm³/mol. The molecule has 2 aromatic rings. The quantitative estimate of drug-likeness (QED) is 0.453. The number of hydrogen-bond donors (Lipinski definition) is 2. The Morgan fingerprint density at radius 3 is 2.03 bits per heavy atom. The van der Waals surface area contributed by atoms with Gasteiger partial charge in [-0.2, -0.15) is 4.31 Å². The smallest absolute Gasteiger partial charge is 0.243 e. The molecule has 0 aliphatic rings. The molecule has 0 aliphatic carbocycles. The van der Waals surface area contributed by atoms with Crippen LogP contribution in [-0.4, -0.2) is 53.0 Å². The molecule has 0 aromatic heterocycles. The van der Waals surface area contributed by atoms with Gasteiger partial charge in [-0.05, 0) is 49.2 Å². The van der Waals surface area contributed by atoms with Crippen molar-refractivity contribution in [1.29, 1.82) is 0 Å². The fourth-order valence-electron chi connectivity index (χ4n) is 2.81. The third-order valence-electron chi connectivity index (χ3n) is 4.92. The van der Waals surface area contributed by atoms with E-state index >= 15 is 0 Å². The number of aliphatic imine (C=N–C) groups is 1. The monoisotopic (exact) mass is 448 g/mol. The van der Waals surface area contributed by atoms with Crippen molar-refractivity contribution in [1.82, 2.24) is 14.9 Å². The maximum Gasteiger partial charge on any atom is 0.243 e. The van der Waals surface area contributed by atoms with Crippen LogP contribution in [0.1, 0.15) is 25.0 Å². The molecule has 0 saturated heterocycles. The van der Waals surface area contributed by atoms with Gasteiger partial charge >= 0.3 is 0 Å². The second-order valence-electron chi connectivity index (χ2n) is 7.23. The fourth-order valence-corrected chi connectivity index (χ4v) is 4.17. The van der Waals surface area contributed by atoms with Crippen LogP contribution in [0.2, 0.25) is 0 Å². The Hall–Kier alpha value is -2.78. The average Bonchev–Trinajstić information content (AvgIpc) is 2.78. The van der Waals surface area contributed by atoms with Crippen molar-refractivity contribution in [3.05, 3.63) is 53.6 Å². The number of nitrogens with zero attached hydrogens (tertiary/aromatic N) is 2. The second-order valence-corrected chi connectivity index (χ2v) is 9.23. The van der Waals surface area contributed by atoms with Gasteiger partial charge in [0.05, 0.1) is 19.1 Å². The minimum atomic E-state index is -3.48. The van der Waals surface area contributed by atoms with E-state index in [1.165, 1.54) is 4.31 Å². The van der Waals surface area contributed by atoms with Crippen molar-refractivity contribution >= 4 is 16.0 Å². The van der Waals surface area contributed by atoms with Crippen molar-refractivity contribution in [3.8, 4) is 11.5 Å². The molecule has 2 rings (SSSR count). The number of nitrogens with one attached hydrogen (secondary N) is 2. The number of sulfonamides is 1. The van der Waals surface area contributed by atoms with E-state index in [0.29, 0.717) is 30.5 Å². The van der Waals surface area contributed by atoms with Crippen molar-refractivity contribution in [2.75, 3.05) is 28.3 Å². The van der Waals surface area contributed by atoms with Gasteiger partial charge < -0.3 is 20.1 Å². The normalized spacial score (nSPS) is 12.2. The van der Waals surface area contributed by atoms with E-state index in [2.05, 4.69) is 15.6 Å². The molecular weight excluding hydrogens is 416 g/mol. The summed E-state index contributed by atoms with van der Waals surface area (Å²) >= 11 is 0. The summed E-state index contributed by atoms with van der Waals surface area (Å²) in [6.45, 7) is 4.75. The van der Waals surface area contributed by atoms with Gasteiger partial charge in [0.1, 0.15) is 0 Å². The molecule has 2 aromatic carbocycles. The van der Waals surface area contributed by atoms with Crippen molar-refractivity contribution in [3.63, 3.8) is 0 Å². The molecule has 0 heterocycles. The van der Waals surface area contributed by atoms with Crippen LogP contribution in [0.5, 0.6) is 11.5 Å². The van der Waals surface area contributed by atoms with Crippen LogP contribution in [0, 0.1) is 0 Å². The van der Waals surface area contributed by atoms with Crippen molar-refractivity contribution < 1.29 is 17.9 Å². The van der Waals surface area contributed by atoms with Crippen molar-refractivity contribution in [2.24, 2.45) is 4.99 Å². The summed E-state index contributed by atoms with van der Waals surface area (Å²) in [5.74, 6) is 1.98. The molecule has 0 amide bonds. The number of hydrogen-bond acceptors (Lipinski definition) is 5. The highest BCUT2D eigenvalue weighted by molar-refractivity contribution is 7.89. The third-order valence-corrected chi connectivity index (χ3v) is 6.97. The lowest BCUT2D eigenvalue weighted by Crippen LogP contribution is -2.36. The van der Waals surface area contributed by atoms with Gasteiger partial charge in [0, 0.05) is 33.2 Å². The Kier molecular flexibility index (Phi) is 8.70. The first kappa shape index (κ1) is 24.5. The molecule has 0 unspecified atom stereocenters. The molecule has 0 fully saturated rings. The van der Waals surface area contributed by atoms with E-state index < -0.39 is 10.0 Å². The van der Waals surface area contributed by atoms with Gasteiger partial charge in [-0.25, -0.2) is 8.42 Å². The third kappa shape index (κ3) is 6.35. The highest BCUT2D eigenvalue weighted by Gasteiger charge is 2.22. The summed E-state index contributed by atoms with van der Waals surface area (Å²) < 4.78 is 37.1. The molecule has 170 valence electrons. The van der Waals surface area contributed by atoms with Gasteiger partial charge in [0.15, 0.2) is 17.5 Å². The number of rotatable bonds is 9. The van der Waals surface area contributed by atoms with E-state index in [4.69, 9.17) is 9.47 Å². The molecule has 0 aliphatic heterocycles. The molecule has 0 atom stereocenters. The van der Waals surface area contributed by atoms with Gasteiger partial charge in [-0.3, -0.25) is 4.99 Å². The largest absolute Gasteiger partial charge is 0.493 e. The molecule has 0 radical (unpaired) electrons. The van der Waals surface area contributed by atoms with E-state index in [1.54, 1.807) is 52.6 Å². The molecule has 0 bridgehead atoms. The van der Waals surface area contributed by atoms with Crippen LogP contribution in [-0.2, 0) is 23.1 Å². The summed E-state index contributed by atoms with van der Waals surface area (Å²) in [7, 11) is 3.01. The van der Waals surface area contributed by atoms with Crippen LogP contribution in [0.3, 0.4) is 0 Å². The average molecular weight is 449 g/mol. The van der Waals surface area contributed by atoms with E-state index in [1.807, 2.05) is 32.0 Å². The lowest BCUT2D eigenvalue weighted by molar-refractivity contribution is 0.354. The summed E-state index contributed by atoms with van der Waals surface area (Å²) in [5.41, 5.74) is 1.96. The van der Waals surface area contributed by atoms with Crippen LogP contribution >= 0.6 is 0 Å². The lowest BCUT2D eigenvalue weighted by atomic mass is 10.2. The summed E-state index contributed by atoms with van der Waals surface area (Å²) in [4.78, 5) is 4.51. The number of methoxy groups -OCH3 is 2. The Balaban J connectivity index is 1.96. The van der Waals surface area contributed by atoms with Crippen molar-refractivity contribution in [2.45, 2.75) is 37.9 Å². The molecule has 0 spiro atoms.